The molecule has 0 unspecified atom stereocenters. The summed E-state index contributed by atoms with van der Waals surface area (Å²) >= 11 is 0. The smallest absolute Gasteiger partial charge is 0.165 e. The topological polar surface area (TPSA) is 55.8 Å². The molecule has 0 saturated carbocycles. The molecule has 0 atom stereocenters. The molecule has 0 bridgehead atoms. The number of hydrogen-bond acceptors (Lipinski definition) is 5. The van der Waals surface area contributed by atoms with Crippen LogP contribution in [0, 0.1) is 5.82 Å². The monoisotopic (exact) mass is 515 g/mol. The molecule has 0 saturated heterocycles. The van der Waals surface area contributed by atoms with E-state index < -0.39 is 5.92 Å². The van der Waals surface area contributed by atoms with Crippen LogP contribution in [-0.4, -0.2) is 30.1 Å². The van der Waals surface area contributed by atoms with Crippen molar-refractivity contribution in [3.05, 3.63) is 94.1 Å². The molecule has 2 aromatic rings. The fraction of sp³-hybridized carbons (Fsp3) is 0.375. The van der Waals surface area contributed by atoms with Gasteiger partial charge in [-0.05, 0) is 56.7 Å². The van der Waals surface area contributed by atoms with E-state index in [0.717, 1.165) is 59.4 Å². The second-order valence-electron chi connectivity index (χ2n) is 10.1. The van der Waals surface area contributed by atoms with E-state index in [1.165, 1.54) is 6.07 Å². The number of halogens is 1. The molecule has 6 heteroatoms. The summed E-state index contributed by atoms with van der Waals surface area (Å²) in [5.41, 5.74) is 5.66. The summed E-state index contributed by atoms with van der Waals surface area (Å²) in [6.07, 6.45) is 6.53. The van der Waals surface area contributed by atoms with Gasteiger partial charge in [0.1, 0.15) is 12.4 Å². The number of hydrogen-bond donors (Lipinski definition) is 0. The minimum Gasteiger partial charge on any atom is -0.490 e. The molecule has 198 valence electrons. The molecule has 1 aliphatic heterocycles. The second-order valence-corrected chi connectivity index (χ2v) is 10.1. The minimum absolute atomic E-state index is 0.0477. The van der Waals surface area contributed by atoms with Crippen LogP contribution < -0.4 is 9.47 Å². The SMILES string of the molecule is C=CCc1cc(C2C3=C(CCCC3=O)N(C)C3=C2C(=O)CCC3)cc(OCC)c1OCc1ccccc1F. The molecule has 0 radical (unpaired) electrons. The van der Waals surface area contributed by atoms with Crippen LogP contribution in [-0.2, 0) is 22.6 Å². The highest BCUT2D eigenvalue weighted by Gasteiger charge is 2.42. The Kier molecular flexibility index (Phi) is 7.50. The van der Waals surface area contributed by atoms with Crippen LogP contribution in [0.1, 0.15) is 68.1 Å². The van der Waals surface area contributed by atoms with E-state index in [-0.39, 0.29) is 24.0 Å². The summed E-state index contributed by atoms with van der Waals surface area (Å²) in [4.78, 5) is 28.9. The number of nitrogens with zero attached hydrogens (tertiary/aromatic N) is 1. The molecule has 0 fully saturated rings. The van der Waals surface area contributed by atoms with Crippen molar-refractivity contribution in [2.45, 2.75) is 64.4 Å². The average molecular weight is 516 g/mol. The molecule has 38 heavy (non-hydrogen) atoms. The zero-order valence-corrected chi connectivity index (χ0v) is 22.1. The standard InChI is InChI=1S/C32H34FNO4/c1-4-10-20-17-22(18-28(37-5-2)32(20)38-19-21-11-6-7-12-23(21)33)29-30-24(13-8-15-26(30)35)34(3)25-14-9-16-27(36)31(25)29/h4,6-7,11-12,17-18,29H,1,5,8-10,13-16,19H2,2-3H3. The first-order valence-corrected chi connectivity index (χ1v) is 13.5. The summed E-state index contributed by atoms with van der Waals surface area (Å²) < 4.78 is 26.5. The number of carbonyl (C=O) groups excluding carboxylic acids is 2. The largest absolute Gasteiger partial charge is 0.490 e. The third-order valence-electron chi connectivity index (χ3n) is 7.73. The molecule has 2 aromatic carbocycles. The predicted molar refractivity (Wildman–Crippen MR) is 145 cm³/mol. The molecular weight excluding hydrogens is 481 g/mol. The first kappa shape index (κ1) is 26.0. The fourth-order valence-electron chi connectivity index (χ4n) is 6.04. The maximum Gasteiger partial charge on any atom is 0.165 e. The van der Waals surface area contributed by atoms with Gasteiger partial charge in [-0.1, -0.05) is 30.3 Å². The number of allylic oxidation sites excluding steroid dienone is 5. The number of Topliss-reactive ketones (excluding diaryl/α,β-unsaturated/α-hetero) is 2. The van der Waals surface area contributed by atoms with Crippen molar-refractivity contribution in [2.24, 2.45) is 0 Å². The Morgan fingerprint density at radius 2 is 1.63 bits per heavy atom. The van der Waals surface area contributed by atoms with Crippen LogP contribution in [0.4, 0.5) is 4.39 Å². The molecule has 0 spiro atoms. The van der Waals surface area contributed by atoms with Crippen LogP contribution in [0.3, 0.4) is 0 Å². The zero-order chi connectivity index (χ0) is 26.8. The lowest BCUT2D eigenvalue weighted by Gasteiger charge is -2.42. The van der Waals surface area contributed by atoms with Crippen LogP contribution in [0.5, 0.6) is 11.5 Å². The maximum atomic E-state index is 14.3. The van der Waals surface area contributed by atoms with Gasteiger partial charge in [-0.25, -0.2) is 4.39 Å². The second kappa shape index (κ2) is 11.0. The Labute approximate surface area is 223 Å². The lowest BCUT2D eigenvalue weighted by atomic mass is 9.71. The van der Waals surface area contributed by atoms with Gasteiger partial charge in [0, 0.05) is 59.5 Å². The van der Waals surface area contributed by atoms with Crippen molar-refractivity contribution in [2.75, 3.05) is 13.7 Å². The summed E-state index contributed by atoms with van der Waals surface area (Å²) in [5.74, 6) is 0.504. The lowest BCUT2D eigenvalue weighted by Crippen LogP contribution is -2.37. The first-order valence-electron chi connectivity index (χ1n) is 13.5. The van der Waals surface area contributed by atoms with Crippen molar-refractivity contribution < 1.29 is 23.5 Å². The molecule has 2 aliphatic carbocycles. The van der Waals surface area contributed by atoms with Gasteiger partial charge >= 0.3 is 0 Å². The van der Waals surface area contributed by atoms with Crippen LogP contribution >= 0.6 is 0 Å². The van der Waals surface area contributed by atoms with Gasteiger partial charge in [-0.15, -0.1) is 6.58 Å². The third-order valence-corrected chi connectivity index (χ3v) is 7.73. The Bertz CT molecular complexity index is 1310. The van der Waals surface area contributed by atoms with Gasteiger partial charge in [0.25, 0.3) is 0 Å². The molecule has 0 aromatic heterocycles. The molecule has 5 rings (SSSR count). The van der Waals surface area contributed by atoms with Crippen molar-refractivity contribution in [3.63, 3.8) is 0 Å². The van der Waals surface area contributed by atoms with E-state index >= 15 is 0 Å². The van der Waals surface area contributed by atoms with Gasteiger partial charge in [0.05, 0.1) is 6.61 Å². The molecule has 0 N–H and O–H groups in total. The average Bonchev–Trinajstić information content (AvgIpc) is 2.90. The maximum absolute atomic E-state index is 14.3. The third kappa shape index (κ3) is 4.68. The Hall–Kier alpha value is -3.67. The van der Waals surface area contributed by atoms with Crippen LogP contribution in [0.2, 0.25) is 0 Å². The highest BCUT2D eigenvalue weighted by molar-refractivity contribution is 6.06. The number of ketones is 2. The van der Waals surface area contributed by atoms with Crippen molar-refractivity contribution in [3.8, 4) is 11.5 Å². The Morgan fingerprint density at radius 1 is 0.974 bits per heavy atom. The molecular formula is C32H34FNO4. The Balaban J connectivity index is 1.65. The van der Waals surface area contributed by atoms with Crippen molar-refractivity contribution in [1.29, 1.82) is 0 Å². The zero-order valence-electron chi connectivity index (χ0n) is 22.1. The number of carbonyl (C=O) groups is 2. The number of benzene rings is 2. The van der Waals surface area contributed by atoms with Gasteiger partial charge < -0.3 is 14.4 Å². The lowest BCUT2D eigenvalue weighted by molar-refractivity contribution is -0.117. The molecule has 0 amide bonds. The molecule has 5 nitrogen and oxygen atoms in total. The van der Waals surface area contributed by atoms with Gasteiger partial charge in [-0.3, -0.25) is 9.59 Å². The van der Waals surface area contributed by atoms with E-state index in [4.69, 9.17) is 9.47 Å². The summed E-state index contributed by atoms with van der Waals surface area (Å²) in [7, 11) is 1.99. The van der Waals surface area contributed by atoms with E-state index in [9.17, 15) is 14.0 Å². The predicted octanol–water partition coefficient (Wildman–Crippen LogP) is 6.58. The van der Waals surface area contributed by atoms with E-state index in [1.807, 2.05) is 26.1 Å². The highest BCUT2D eigenvalue weighted by atomic mass is 19.1. The molecule has 3 aliphatic rings. The summed E-state index contributed by atoms with van der Waals surface area (Å²) in [6, 6.07) is 10.4. The summed E-state index contributed by atoms with van der Waals surface area (Å²) in [6.45, 7) is 6.27. The normalized spacial score (nSPS) is 17.9. The van der Waals surface area contributed by atoms with Gasteiger partial charge in [0.15, 0.2) is 23.1 Å². The van der Waals surface area contributed by atoms with E-state index in [0.29, 0.717) is 42.9 Å². The Morgan fingerprint density at radius 3 is 2.24 bits per heavy atom. The number of rotatable bonds is 8. The van der Waals surface area contributed by atoms with E-state index in [2.05, 4.69) is 11.5 Å². The van der Waals surface area contributed by atoms with Gasteiger partial charge in [-0.2, -0.15) is 0 Å². The minimum atomic E-state index is -0.430. The molecule has 1 heterocycles. The van der Waals surface area contributed by atoms with Crippen molar-refractivity contribution >= 4 is 11.6 Å². The quantitative estimate of drug-likeness (QED) is 0.372. The highest BCUT2D eigenvalue weighted by Crippen LogP contribution is 2.50. The van der Waals surface area contributed by atoms with Crippen LogP contribution in [0.15, 0.2) is 71.6 Å². The summed E-state index contributed by atoms with van der Waals surface area (Å²) in [5, 5.41) is 0. The first-order chi connectivity index (χ1) is 18.4. The number of ether oxygens (including phenoxy) is 2. The van der Waals surface area contributed by atoms with Crippen molar-refractivity contribution in [1.82, 2.24) is 4.90 Å². The van der Waals surface area contributed by atoms with Crippen LogP contribution in [0.25, 0.3) is 0 Å². The van der Waals surface area contributed by atoms with Gasteiger partial charge in [0.2, 0.25) is 0 Å². The fourth-order valence-corrected chi connectivity index (χ4v) is 6.04. The van der Waals surface area contributed by atoms with E-state index in [1.54, 1.807) is 24.3 Å².